The Labute approximate surface area is 198 Å². The number of allylic oxidation sites excluding steroid dienone is 2. The summed E-state index contributed by atoms with van der Waals surface area (Å²) < 4.78 is 5.62. The SMILES string of the molecule is O=C1C2C3C=CC(C3)C2C(=O)N1N=Cc1cc(Cl)c(OCc2ccc(Cl)cc2)c([N+](=O)[O-])c1. The van der Waals surface area contributed by atoms with E-state index in [4.69, 9.17) is 27.9 Å². The number of nitro benzene ring substituents is 1. The topological polar surface area (TPSA) is 102 Å². The van der Waals surface area contributed by atoms with Gasteiger partial charge in [-0.15, -0.1) is 0 Å². The lowest BCUT2D eigenvalue weighted by Gasteiger charge is -2.13. The van der Waals surface area contributed by atoms with E-state index in [9.17, 15) is 19.7 Å². The number of rotatable bonds is 6. The highest BCUT2D eigenvalue weighted by Gasteiger charge is 2.59. The van der Waals surface area contributed by atoms with E-state index in [1.54, 1.807) is 24.3 Å². The second kappa shape index (κ2) is 8.28. The monoisotopic (exact) mass is 485 g/mol. The van der Waals surface area contributed by atoms with E-state index in [1.807, 2.05) is 12.2 Å². The molecule has 2 aromatic carbocycles. The van der Waals surface area contributed by atoms with Gasteiger partial charge in [0.15, 0.2) is 0 Å². The van der Waals surface area contributed by atoms with Gasteiger partial charge in [-0.05, 0) is 42.0 Å². The van der Waals surface area contributed by atoms with Gasteiger partial charge >= 0.3 is 5.69 Å². The van der Waals surface area contributed by atoms with Crippen molar-refractivity contribution < 1.29 is 19.2 Å². The molecule has 1 heterocycles. The fourth-order valence-electron chi connectivity index (χ4n) is 4.81. The average molecular weight is 486 g/mol. The van der Waals surface area contributed by atoms with Crippen molar-refractivity contribution in [1.29, 1.82) is 0 Å². The molecule has 1 aliphatic heterocycles. The molecule has 1 saturated carbocycles. The first-order valence-corrected chi connectivity index (χ1v) is 11.0. The highest BCUT2D eigenvalue weighted by Crippen LogP contribution is 2.52. The minimum absolute atomic E-state index is 0.0119. The Hall–Kier alpha value is -3.23. The summed E-state index contributed by atoms with van der Waals surface area (Å²) >= 11 is 12.1. The summed E-state index contributed by atoms with van der Waals surface area (Å²) in [5, 5.41) is 17.1. The molecule has 0 spiro atoms. The molecule has 4 unspecified atom stereocenters. The van der Waals surface area contributed by atoms with Crippen molar-refractivity contribution in [2.75, 3.05) is 0 Å². The molecule has 0 N–H and O–H groups in total. The van der Waals surface area contributed by atoms with Crippen molar-refractivity contribution in [3.63, 3.8) is 0 Å². The number of hydrogen-bond donors (Lipinski definition) is 0. The van der Waals surface area contributed by atoms with E-state index in [-0.39, 0.29) is 64.1 Å². The molecule has 10 heteroatoms. The molecule has 2 amide bonds. The van der Waals surface area contributed by atoms with Crippen molar-refractivity contribution in [2.45, 2.75) is 13.0 Å². The number of nitro groups is 1. The Kier molecular flexibility index (Phi) is 5.42. The Bertz CT molecular complexity index is 1200. The van der Waals surface area contributed by atoms with Crippen LogP contribution in [0.1, 0.15) is 17.5 Å². The lowest BCUT2D eigenvalue weighted by molar-refractivity contribution is -0.385. The van der Waals surface area contributed by atoms with Gasteiger partial charge in [-0.1, -0.05) is 47.5 Å². The third-order valence-electron chi connectivity index (χ3n) is 6.31. The number of imide groups is 1. The zero-order valence-corrected chi connectivity index (χ0v) is 18.6. The van der Waals surface area contributed by atoms with Crippen LogP contribution in [0.2, 0.25) is 10.0 Å². The molecule has 2 aliphatic carbocycles. The zero-order chi connectivity index (χ0) is 23.3. The first-order chi connectivity index (χ1) is 15.8. The van der Waals surface area contributed by atoms with Gasteiger partial charge in [0, 0.05) is 16.7 Å². The highest BCUT2D eigenvalue weighted by atomic mass is 35.5. The number of ether oxygens (including phenoxy) is 1. The predicted molar refractivity (Wildman–Crippen MR) is 121 cm³/mol. The molecule has 8 nitrogen and oxygen atoms in total. The van der Waals surface area contributed by atoms with Gasteiger partial charge in [0.25, 0.3) is 11.8 Å². The molecule has 2 fully saturated rings. The van der Waals surface area contributed by atoms with Crippen LogP contribution < -0.4 is 4.74 Å². The fraction of sp³-hybridized carbons (Fsp3) is 0.261. The number of hydrogen-bond acceptors (Lipinski definition) is 6. The van der Waals surface area contributed by atoms with Crippen molar-refractivity contribution in [3.05, 3.63) is 79.8 Å². The first kappa shape index (κ1) is 21.6. The van der Waals surface area contributed by atoms with E-state index < -0.39 is 4.92 Å². The number of carbonyl (C=O) groups is 2. The van der Waals surface area contributed by atoms with Crippen molar-refractivity contribution in [2.24, 2.45) is 28.8 Å². The van der Waals surface area contributed by atoms with Gasteiger partial charge in [-0.2, -0.15) is 10.1 Å². The molecule has 2 aromatic rings. The summed E-state index contributed by atoms with van der Waals surface area (Å²) in [5.74, 6) is -1.34. The van der Waals surface area contributed by atoms with Crippen LogP contribution in [-0.2, 0) is 16.2 Å². The summed E-state index contributed by atoms with van der Waals surface area (Å²) in [5.41, 5.74) is 0.677. The van der Waals surface area contributed by atoms with Crippen LogP contribution in [-0.4, -0.2) is 28.0 Å². The summed E-state index contributed by atoms with van der Waals surface area (Å²) in [6.07, 6.45) is 6.05. The number of hydrazone groups is 1. The molecule has 0 radical (unpaired) electrons. The van der Waals surface area contributed by atoms with Gasteiger partial charge in [0.05, 0.1) is 28.0 Å². The number of fused-ring (bicyclic) bond motifs is 5. The summed E-state index contributed by atoms with van der Waals surface area (Å²) in [7, 11) is 0. The minimum Gasteiger partial charge on any atom is -0.481 e. The van der Waals surface area contributed by atoms with Crippen molar-refractivity contribution in [3.8, 4) is 5.75 Å². The largest absolute Gasteiger partial charge is 0.481 e. The Morgan fingerprint density at radius 2 is 1.73 bits per heavy atom. The summed E-state index contributed by atoms with van der Waals surface area (Å²) in [6, 6.07) is 9.53. The Morgan fingerprint density at radius 3 is 2.33 bits per heavy atom. The maximum Gasteiger partial charge on any atom is 0.313 e. The summed E-state index contributed by atoms with van der Waals surface area (Å²) in [4.78, 5) is 36.5. The van der Waals surface area contributed by atoms with Crippen LogP contribution in [0.5, 0.6) is 5.75 Å². The van der Waals surface area contributed by atoms with E-state index in [0.29, 0.717) is 5.02 Å². The number of halogens is 2. The number of amides is 2. The fourth-order valence-corrected chi connectivity index (χ4v) is 5.22. The maximum atomic E-state index is 12.7. The third-order valence-corrected chi connectivity index (χ3v) is 6.84. The van der Waals surface area contributed by atoms with Crippen molar-refractivity contribution in [1.82, 2.24) is 5.01 Å². The van der Waals surface area contributed by atoms with Gasteiger partial charge in [-0.25, -0.2) is 0 Å². The van der Waals surface area contributed by atoms with Crippen LogP contribution in [0.3, 0.4) is 0 Å². The Balaban J connectivity index is 1.36. The molecule has 0 aromatic heterocycles. The highest BCUT2D eigenvalue weighted by molar-refractivity contribution is 6.32. The molecular formula is C23H17Cl2N3O5. The molecule has 2 bridgehead atoms. The van der Waals surface area contributed by atoms with Gasteiger partial charge in [-0.3, -0.25) is 19.7 Å². The third kappa shape index (κ3) is 3.79. The van der Waals surface area contributed by atoms with E-state index in [2.05, 4.69) is 5.10 Å². The van der Waals surface area contributed by atoms with Gasteiger partial charge < -0.3 is 4.74 Å². The molecule has 3 aliphatic rings. The average Bonchev–Trinajstić information content (AvgIpc) is 3.46. The van der Waals surface area contributed by atoms with E-state index in [1.165, 1.54) is 18.3 Å². The zero-order valence-electron chi connectivity index (χ0n) is 17.1. The number of nitrogens with zero attached hydrogens (tertiary/aromatic N) is 3. The molecule has 33 heavy (non-hydrogen) atoms. The summed E-state index contributed by atoms with van der Waals surface area (Å²) in [6.45, 7) is 0.0566. The van der Waals surface area contributed by atoms with Crippen molar-refractivity contribution >= 4 is 46.9 Å². The molecule has 5 rings (SSSR count). The van der Waals surface area contributed by atoms with Crippen LogP contribution >= 0.6 is 23.2 Å². The molecule has 1 saturated heterocycles. The van der Waals surface area contributed by atoms with Crippen LogP contribution in [0.4, 0.5) is 5.69 Å². The molecular weight excluding hydrogens is 469 g/mol. The second-order valence-corrected chi connectivity index (χ2v) is 9.10. The standard InChI is InChI=1S/C23H17Cl2N3O5/c24-16-5-1-12(2-6-16)11-33-21-17(25)7-13(8-18(21)28(31)32)10-26-27-22(29)19-14-3-4-15(9-14)20(19)23(27)30/h1-8,10,14-15,19-20H,9,11H2. The Morgan fingerprint density at radius 1 is 1.09 bits per heavy atom. The van der Waals surface area contributed by atoms with E-state index >= 15 is 0 Å². The van der Waals surface area contributed by atoms with Gasteiger partial charge in [0.1, 0.15) is 6.61 Å². The molecule has 168 valence electrons. The first-order valence-electron chi connectivity index (χ1n) is 10.3. The van der Waals surface area contributed by atoms with E-state index in [0.717, 1.165) is 17.0 Å². The number of carbonyl (C=O) groups excluding carboxylic acids is 2. The lowest BCUT2D eigenvalue weighted by Crippen LogP contribution is -2.28. The lowest BCUT2D eigenvalue weighted by atomic mass is 9.85. The quantitative estimate of drug-likeness (QED) is 0.195. The minimum atomic E-state index is -0.611. The predicted octanol–water partition coefficient (Wildman–Crippen LogP) is 4.62. The second-order valence-electron chi connectivity index (χ2n) is 8.26. The maximum absolute atomic E-state index is 12.7. The van der Waals surface area contributed by atoms with Crippen LogP contribution in [0, 0.1) is 33.8 Å². The number of benzene rings is 2. The van der Waals surface area contributed by atoms with Gasteiger partial charge in [0.2, 0.25) is 5.75 Å². The molecule has 4 atom stereocenters. The van der Waals surface area contributed by atoms with Crippen LogP contribution in [0.15, 0.2) is 53.7 Å². The smallest absolute Gasteiger partial charge is 0.313 e. The van der Waals surface area contributed by atoms with Crippen LogP contribution in [0.25, 0.3) is 0 Å². The normalized spacial score (nSPS) is 25.3.